The number of hydrogen-bond acceptors (Lipinski definition) is 7. The van der Waals surface area contributed by atoms with Gasteiger partial charge in [0.1, 0.15) is 11.4 Å². The number of piperazine rings is 1. The number of ketones is 1. The van der Waals surface area contributed by atoms with E-state index in [4.69, 9.17) is 9.47 Å². The summed E-state index contributed by atoms with van der Waals surface area (Å²) in [6.45, 7) is 10.4. The van der Waals surface area contributed by atoms with Crippen LogP contribution in [0.2, 0.25) is 0 Å². The standard InChI is InChI=1S/C29H41FN4O4/c1-29(2,3)38-28(36)34-24-8-6-22(17-24)27(34)26(35)16-20(19-31)15-21-5-7-23(18-25(21)30)33-11-9-32(10-12-33)13-14-37-4/h5,7,18,20,22,24,27H,6,8-17H2,1-4H3/t20-,22+,24-,27+/m1/s1. The number of ether oxygens (including phenoxy) is 2. The van der Waals surface area contributed by atoms with Crippen LogP contribution in [0.5, 0.6) is 0 Å². The summed E-state index contributed by atoms with van der Waals surface area (Å²) in [5, 5.41) is 9.82. The second-order valence-electron chi connectivity index (χ2n) is 11.9. The highest BCUT2D eigenvalue weighted by molar-refractivity contribution is 5.89. The first kappa shape index (κ1) is 28.3. The number of Topliss-reactive ketones (excluding diaryl/α,β-unsaturated/α-hetero) is 1. The molecule has 9 heteroatoms. The number of carbonyl (C=O) groups is 2. The van der Waals surface area contributed by atoms with Gasteiger partial charge < -0.3 is 14.4 Å². The van der Waals surface area contributed by atoms with Gasteiger partial charge in [0.15, 0.2) is 5.78 Å². The van der Waals surface area contributed by atoms with E-state index in [1.165, 1.54) is 6.07 Å². The van der Waals surface area contributed by atoms with Crippen LogP contribution in [0.25, 0.3) is 0 Å². The molecule has 2 aliphatic heterocycles. The minimum absolute atomic E-state index is 0.00564. The second-order valence-corrected chi connectivity index (χ2v) is 11.9. The first-order chi connectivity index (χ1) is 18.1. The Kier molecular flexibility index (Phi) is 8.94. The van der Waals surface area contributed by atoms with Crippen LogP contribution >= 0.6 is 0 Å². The van der Waals surface area contributed by atoms with Crippen LogP contribution in [0, 0.1) is 29.0 Å². The number of fused-ring (bicyclic) bond motifs is 2. The monoisotopic (exact) mass is 528 g/mol. The average molecular weight is 529 g/mol. The molecule has 0 unspecified atom stereocenters. The number of benzene rings is 1. The summed E-state index contributed by atoms with van der Waals surface area (Å²) in [7, 11) is 1.70. The fourth-order valence-electron chi connectivity index (χ4n) is 6.12. The predicted octanol–water partition coefficient (Wildman–Crippen LogP) is 4.02. The SMILES string of the molecule is COCCN1CCN(c2ccc(C[C@@H](C#N)CC(=O)[C@@H]3[C@H]4CC[C@H](C4)N3C(=O)OC(C)(C)C)c(F)c2)CC1. The van der Waals surface area contributed by atoms with Crippen LogP contribution in [0.15, 0.2) is 18.2 Å². The van der Waals surface area contributed by atoms with E-state index >= 15 is 4.39 Å². The lowest BCUT2D eigenvalue weighted by Gasteiger charge is -2.36. The van der Waals surface area contributed by atoms with Gasteiger partial charge in [-0.05, 0) is 70.1 Å². The van der Waals surface area contributed by atoms with Crippen molar-refractivity contribution in [1.29, 1.82) is 5.26 Å². The van der Waals surface area contributed by atoms with E-state index in [9.17, 15) is 14.9 Å². The van der Waals surface area contributed by atoms with Crippen molar-refractivity contribution in [3.8, 4) is 6.07 Å². The molecule has 4 rings (SSSR count). The maximum atomic E-state index is 15.1. The number of halogens is 1. The third-order valence-electron chi connectivity index (χ3n) is 8.00. The van der Waals surface area contributed by atoms with Gasteiger partial charge >= 0.3 is 6.09 Å². The first-order valence-corrected chi connectivity index (χ1v) is 13.8. The summed E-state index contributed by atoms with van der Waals surface area (Å²) < 4.78 is 25.9. The summed E-state index contributed by atoms with van der Waals surface area (Å²) >= 11 is 0. The largest absolute Gasteiger partial charge is 0.444 e. The molecule has 3 fully saturated rings. The molecule has 1 amide bonds. The highest BCUT2D eigenvalue weighted by atomic mass is 19.1. The average Bonchev–Trinajstić information content (AvgIpc) is 3.49. The van der Waals surface area contributed by atoms with Gasteiger partial charge in [-0.2, -0.15) is 5.26 Å². The van der Waals surface area contributed by atoms with Gasteiger partial charge in [0.2, 0.25) is 0 Å². The lowest BCUT2D eigenvalue weighted by molar-refractivity contribution is -0.126. The number of anilines is 1. The van der Waals surface area contributed by atoms with E-state index in [1.54, 1.807) is 18.1 Å². The number of amides is 1. The third kappa shape index (κ3) is 6.65. The molecule has 2 saturated heterocycles. The molecule has 0 N–H and O–H groups in total. The van der Waals surface area contributed by atoms with E-state index < -0.39 is 23.7 Å². The molecule has 208 valence electrons. The Balaban J connectivity index is 1.36. The number of carbonyl (C=O) groups excluding carboxylic acids is 2. The number of methoxy groups -OCH3 is 1. The molecule has 38 heavy (non-hydrogen) atoms. The quantitative estimate of drug-likeness (QED) is 0.478. The molecule has 1 aromatic carbocycles. The molecule has 1 aliphatic carbocycles. The van der Waals surface area contributed by atoms with E-state index in [0.717, 1.165) is 57.7 Å². The fourth-order valence-corrected chi connectivity index (χ4v) is 6.12. The molecular weight excluding hydrogens is 487 g/mol. The van der Waals surface area contributed by atoms with Crippen LogP contribution < -0.4 is 4.90 Å². The Morgan fingerprint density at radius 3 is 2.55 bits per heavy atom. The molecule has 3 aliphatic rings. The van der Waals surface area contributed by atoms with Crippen LogP contribution in [-0.4, -0.2) is 85.8 Å². The highest BCUT2D eigenvalue weighted by Crippen LogP contribution is 2.44. The van der Waals surface area contributed by atoms with Crippen LogP contribution in [0.4, 0.5) is 14.9 Å². The zero-order valence-electron chi connectivity index (χ0n) is 23.1. The van der Waals surface area contributed by atoms with E-state index in [-0.39, 0.29) is 36.4 Å². The Morgan fingerprint density at radius 2 is 1.92 bits per heavy atom. The lowest BCUT2D eigenvalue weighted by atomic mass is 9.88. The van der Waals surface area contributed by atoms with E-state index in [2.05, 4.69) is 15.9 Å². The van der Waals surface area contributed by atoms with Crippen molar-refractivity contribution in [2.45, 2.75) is 70.6 Å². The molecule has 0 spiro atoms. The minimum Gasteiger partial charge on any atom is -0.444 e. The van der Waals surface area contributed by atoms with Crippen LogP contribution in [0.1, 0.15) is 52.0 Å². The Hall–Kier alpha value is -2.70. The van der Waals surface area contributed by atoms with Gasteiger partial charge in [-0.25, -0.2) is 9.18 Å². The summed E-state index contributed by atoms with van der Waals surface area (Å²) in [5.41, 5.74) is 0.615. The van der Waals surface area contributed by atoms with Crippen molar-refractivity contribution in [2.75, 3.05) is 51.3 Å². The smallest absolute Gasteiger partial charge is 0.411 e. The number of nitrogens with zero attached hydrogens (tertiary/aromatic N) is 4. The van der Waals surface area contributed by atoms with Gasteiger partial charge in [0, 0.05) is 58.0 Å². The molecule has 0 aromatic heterocycles. The molecule has 1 saturated carbocycles. The zero-order valence-corrected chi connectivity index (χ0v) is 23.1. The Morgan fingerprint density at radius 1 is 1.18 bits per heavy atom. The highest BCUT2D eigenvalue weighted by Gasteiger charge is 2.52. The van der Waals surface area contributed by atoms with Gasteiger partial charge in [0.05, 0.1) is 24.6 Å². The van der Waals surface area contributed by atoms with Crippen molar-refractivity contribution in [3.63, 3.8) is 0 Å². The second kappa shape index (κ2) is 12.0. The molecule has 1 aromatic rings. The Bertz CT molecular complexity index is 1040. The van der Waals surface area contributed by atoms with E-state index in [0.29, 0.717) is 12.2 Å². The van der Waals surface area contributed by atoms with Crippen molar-refractivity contribution in [2.24, 2.45) is 11.8 Å². The van der Waals surface area contributed by atoms with Crippen molar-refractivity contribution < 1.29 is 23.5 Å². The van der Waals surface area contributed by atoms with Crippen LogP contribution in [-0.2, 0) is 20.7 Å². The number of nitriles is 1. The van der Waals surface area contributed by atoms with Gasteiger partial charge in [-0.3, -0.25) is 14.6 Å². The minimum atomic E-state index is -0.660. The summed E-state index contributed by atoms with van der Waals surface area (Å²) in [6, 6.07) is 6.84. The summed E-state index contributed by atoms with van der Waals surface area (Å²) in [4.78, 5) is 32.4. The van der Waals surface area contributed by atoms with Crippen LogP contribution in [0.3, 0.4) is 0 Å². The number of piperidine rings is 1. The third-order valence-corrected chi connectivity index (χ3v) is 8.00. The topological polar surface area (TPSA) is 86.1 Å². The Labute approximate surface area is 225 Å². The van der Waals surface area contributed by atoms with Gasteiger partial charge in [-0.15, -0.1) is 0 Å². The number of hydrogen-bond donors (Lipinski definition) is 0. The summed E-state index contributed by atoms with van der Waals surface area (Å²) in [5.74, 6) is -1.04. The molecule has 2 heterocycles. The first-order valence-electron chi connectivity index (χ1n) is 13.8. The zero-order chi connectivity index (χ0) is 27.4. The van der Waals surface area contributed by atoms with Crippen molar-refractivity contribution in [1.82, 2.24) is 9.80 Å². The maximum absolute atomic E-state index is 15.1. The molecule has 0 radical (unpaired) electrons. The van der Waals surface area contributed by atoms with Gasteiger partial charge in [0.25, 0.3) is 0 Å². The molecule has 4 atom stereocenters. The maximum Gasteiger partial charge on any atom is 0.411 e. The lowest BCUT2D eigenvalue weighted by Crippen LogP contribution is -2.51. The number of rotatable bonds is 9. The number of likely N-dealkylation sites (tertiary alicyclic amines) is 1. The predicted molar refractivity (Wildman–Crippen MR) is 142 cm³/mol. The van der Waals surface area contributed by atoms with Crippen molar-refractivity contribution in [3.05, 3.63) is 29.6 Å². The molecule has 8 nitrogen and oxygen atoms in total. The fraction of sp³-hybridized carbons (Fsp3) is 0.690. The summed E-state index contributed by atoms with van der Waals surface area (Å²) in [6.07, 6.45) is 2.26. The van der Waals surface area contributed by atoms with Gasteiger partial charge in [-0.1, -0.05) is 6.07 Å². The normalized spacial score (nSPS) is 24.4. The molecule has 2 bridgehead atoms. The van der Waals surface area contributed by atoms with Crippen molar-refractivity contribution >= 4 is 17.6 Å². The van der Waals surface area contributed by atoms with E-state index in [1.807, 2.05) is 26.8 Å². The molecular formula is C29H41FN4O4.